The Labute approximate surface area is 120 Å². The fraction of sp³-hybridized carbons (Fsp3) is 0.286. The molecule has 3 N–H and O–H groups in total. The van der Waals surface area contributed by atoms with Crippen molar-refractivity contribution in [2.75, 3.05) is 6.54 Å². The van der Waals surface area contributed by atoms with Crippen molar-refractivity contribution in [1.82, 2.24) is 0 Å². The van der Waals surface area contributed by atoms with Crippen molar-refractivity contribution in [3.05, 3.63) is 56.2 Å². The van der Waals surface area contributed by atoms with Crippen LogP contribution in [0.25, 0.3) is 0 Å². The highest BCUT2D eigenvalue weighted by Gasteiger charge is 2.23. The second-order valence-electron chi connectivity index (χ2n) is 4.33. The predicted octanol–water partition coefficient (Wildman–Crippen LogP) is 3.59. The van der Waals surface area contributed by atoms with Crippen LogP contribution >= 0.6 is 27.3 Å². The van der Waals surface area contributed by atoms with Crippen LogP contribution in [0, 0.1) is 6.92 Å². The van der Waals surface area contributed by atoms with Crippen LogP contribution in [0.3, 0.4) is 0 Å². The van der Waals surface area contributed by atoms with Crippen molar-refractivity contribution >= 4 is 27.3 Å². The Morgan fingerprint density at radius 1 is 1.39 bits per heavy atom. The Morgan fingerprint density at radius 3 is 2.72 bits per heavy atom. The molecular weight excluding hydrogens is 310 g/mol. The third kappa shape index (κ3) is 2.83. The molecule has 0 spiro atoms. The lowest BCUT2D eigenvalue weighted by molar-refractivity contribution is 0.148. The summed E-state index contributed by atoms with van der Waals surface area (Å²) in [6.07, 6.45) is -0.580. The molecule has 18 heavy (non-hydrogen) atoms. The predicted molar refractivity (Wildman–Crippen MR) is 80.0 cm³/mol. The Morgan fingerprint density at radius 2 is 2.17 bits per heavy atom. The minimum Gasteiger partial charge on any atom is -0.388 e. The number of halogens is 1. The molecule has 2 atom stereocenters. The molecule has 0 saturated carbocycles. The Kier molecular flexibility index (Phi) is 4.56. The minimum atomic E-state index is -0.580. The number of thiophene rings is 1. The van der Waals surface area contributed by atoms with E-state index >= 15 is 0 Å². The molecule has 4 heteroatoms. The lowest BCUT2D eigenvalue weighted by Gasteiger charge is -2.22. The van der Waals surface area contributed by atoms with Crippen molar-refractivity contribution in [1.29, 1.82) is 0 Å². The summed E-state index contributed by atoms with van der Waals surface area (Å²) in [4.78, 5) is 1.12. The standard InChI is InChI=1S/C14H16BrNOS/c1-9-4-5-10(12(15)7-9)14(17)11(8-16)13-3-2-6-18-13/h2-7,11,14,17H,8,16H2,1H3. The van der Waals surface area contributed by atoms with Gasteiger partial charge in [-0.25, -0.2) is 0 Å². The molecule has 96 valence electrons. The summed E-state index contributed by atoms with van der Waals surface area (Å²) in [5.74, 6) is -0.0518. The fourth-order valence-corrected chi connectivity index (χ4v) is 3.59. The first-order valence-corrected chi connectivity index (χ1v) is 7.48. The van der Waals surface area contributed by atoms with Crippen LogP contribution in [0.15, 0.2) is 40.2 Å². The molecule has 1 aromatic heterocycles. The summed E-state index contributed by atoms with van der Waals surface area (Å²) in [6.45, 7) is 2.46. The zero-order chi connectivity index (χ0) is 13.1. The van der Waals surface area contributed by atoms with Crippen molar-refractivity contribution in [3.8, 4) is 0 Å². The third-order valence-corrected chi connectivity index (χ3v) is 4.71. The molecule has 0 fully saturated rings. The molecule has 0 radical (unpaired) electrons. The normalized spacial score (nSPS) is 14.4. The van der Waals surface area contributed by atoms with E-state index in [9.17, 15) is 5.11 Å². The molecular formula is C14H16BrNOS. The number of aliphatic hydroxyl groups is 1. The Hall–Kier alpha value is -0.680. The summed E-state index contributed by atoms with van der Waals surface area (Å²) in [6, 6.07) is 9.99. The van der Waals surface area contributed by atoms with E-state index in [2.05, 4.69) is 15.9 Å². The van der Waals surface area contributed by atoms with E-state index in [1.807, 2.05) is 42.6 Å². The maximum atomic E-state index is 10.5. The van der Waals surface area contributed by atoms with E-state index in [1.165, 1.54) is 5.56 Å². The van der Waals surface area contributed by atoms with Gasteiger partial charge in [0, 0.05) is 21.8 Å². The van der Waals surface area contributed by atoms with Crippen LogP contribution < -0.4 is 5.73 Å². The van der Waals surface area contributed by atoms with Gasteiger partial charge in [-0.3, -0.25) is 0 Å². The lowest BCUT2D eigenvalue weighted by atomic mass is 9.94. The summed E-state index contributed by atoms with van der Waals surface area (Å²) < 4.78 is 0.935. The maximum absolute atomic E-state index is 10.5. The average Bonchev–Trinajstić information content (AvgIpc) is 2.83. The Balaban J connectivity index is 2.31. The second-order valence-corrected chi connectivity index (χ2v) is 6.16. The van der Waals surface area contributed by atoms with E-state index in [-0.39, 0.29) is 5.92 Å². The van der Waals surface area contributed by atoms with E-state index in [0.29, 0.717) is 6.54 Å². The van der Waals surface area contributed by atoms with Crippen molar-refractivity contribution in [2.45, 2.75) is 18.9 Å². The maximum Gasteiger partial charge on any atom is 0.0889 e. The smallest absolute Gasteiger partial charge is 0.0889 e. The lowest BCUT2D eigenvalue weighted by Crippen LogP contribution is -2.19. The molecule has 1 aromatic carbocycles. The molecule has 0 amide bonds. The summed E-state index contributed by atoms with van der Waals surface area (Å²) in [5, 5.41) is 12.5. The molecule has 0 bridgehead atoms. The highest BCUT2D eigenvalue weighted by atomic mass is 79.9. The van der Waals surface area contributed by atoms with Gasteiger partial charge in [0.15, 0.2) is 0 Å². The van der Waals surface area contributed by atoms with E-state index < -0.39 is 6.10 Å². The zero-order valence-electron chi connectivity index (χ0n) is 10.1. The van der Waals surface area contributed by atoms with E-state index in [4.69, 9.17) is 5.73 Å². The van der Waals surface area contributed by atoms with Gasteiger partial charge in [-0.05, 0) is 35.6 Å². The van der Waals surface area contributed by atoms with E-state index in [1.54, 1.807) is 11.3 Å². The molecule has 2 aromatic rings. The van der Waals surface area contributed by atoms with Crippen LogP contribution in [0.1, 0.15) is 28.0 Å². The first-order valence-electron chi connectivity index (χ1n) is 5.81. The average molecular weight is 326 g/mol. The van der Waals surface area contributed by atoms with Crippen LogP contribution in [0.5, 0.6) is 0 Å². The van der Waals surface area contributed by atoms with Gasteiger partial charge in [0.05, 0.1) is 6.10 Å². The fourth-order valence-electron chi connectivity index (χ4n) is 1.99. The van der Waals surface area contributed by atoms with Crippen molar-refractivity contribution in [3.63, 3.8) is 0 Å². The monoisotopic (exact) mass is 325 g/mol. The first-order chi connectivity index (χ1) is 8.63. The number of nitrogens with two attached hydrogens (primary N) is 1. The van der Waals surface area contributed by atoms with Gasteiger partial charge in [0.1, 0.15) is 0 Å². The van der Waals surface area contributed by atoms with Gasteiger partial charge >= 0.3 is 0 Å². The number of hydrogen-bond donors (Lipinski definition) is 2. The van der Waals surface area contributed by atoms with Gasteiger partial charge in [0.25, 0.3) is 0 Å². The number of hydrogen-bond acceptors (Lipinski definition) is 3. The molecule has 2 unspecified atom stereocenters. The Bertz CT molecular complexity index is 513. The largest absolute Gasteiger partial charge is 0.388 e. The number of aryl methyl sites for hydroxylation is 1. The molecule has 0 aliphatic carbocycles. The van der Waals surface area contributed by atoms with Crippen LogP contribution in [0.4, 0.5) is 0 Å². The summed E-state index contributed by atoms with van der Waals surface area (Å²) in [7, 11) is 0. The molecule has 2 rings (SSSR count). The number of aliphatic hydroxyl groups excluding tert-OH is 1. The SMILES string of the molecule is Cc1ccc(C(O)C(CN)c2cccs2)c(Br)c1. The summed E-state index contributed by atoms with van der Waals surface area (Å²) >= 11 is 5.14. The van der Waals surface area contributed by atoms with E-state index in [0.717, 1.165) is 14.9 Å². The van der Waals surface area contributed by atoms with Gasteiger partial charge in [0.2, 0.25) is 0 Å². The van der Waals surface area contributed by atoms with Crippen molar-refractivity contribution in [2.24, 2.45) is 5.73 Å². The first kappa shape index (κ1) is 13.7. The molecule has 2 nitrogen and oxygen atoms in total. The number of rotatable bonds is 4. The molecule has 1 heterocycles. The van der Waals surface area contributed by atoms with Gasteiger partial charge < -0.3 is 10.8 Å². The van der Waals surface area contributed by atoms with Crippen LogP contribution in [-0.4, -0.2) is 11.7 Å². The van der Waals surface area contributed by atoms with Crippen molar-refractivity contribution < 1.29 is 5.11 Å². The van der Waals surface area contributed by atoms with Gasteiger partial charge in [-0.1, -0.05) is 34.1 Å². The molecule has 0 saturated heterocycles. The topological polar surface area (TPSA) is 46.2 Å². The zero-order valence-corrected chi connectivity index (χ0v) is 12.5. The highest BCUT2D eigenvalue weighted by molar-refractivity contribution is 9.10. The minimum absolute atomic E-state index is 0.0518. The van der Waals surface area contributed by atoms with Gasteiger partial charge in [-0.15, -0.1) is 11.3 Å². The highest BCUT2D eigenvalue weighted by Crippen LogP contribution is 2.36. The van der Waals surface area contributed by atoms with Crippen LogP contribution in [-0.2, 0) is 0 Å². The third-order valence-electron chi connectivity index (χ3n) is 3.02. The molecule has 0 aliphatic rings. The second kappa shape index (κ2) is 5.97. The van der Waals surface area contributed by atoms with Gasteiger partial charge in [-0.2, -0.15) is 0 Å². The number of benzene rings is 1. The molecule has 0 aliphatic heterocycles. The summed E-state index contributed by atoms with van der Waals surface area (Å²) in [5.41, 5.74) is 7.87. The van der Waals surface area contributed by atoms with Crippen LogP contribution in [0.2, 0.25) is 0 Å². The quantitative estimate of drug-likeness (QED) is 0.902.